The molecule has 1 saturated heterocycles. The summed E-state index contributed by atoms with van der Waals surface area (Å²) in [6.07, 6.45) is 1.52. The van der Waals surface area contributed by atoms with Crippen molar-refractivity contribution in [2.45, 2.75) is 18.7 Å². The molecule has 0 radical (unpaired) electrons. The highest BCUT2D eigenvalue weighted by atomic mass is 32.2. The van der Waals surface area contributed by atoms with E-state index in [4.69, 9.17) is 4.74 Å². The molecule has 7 nitrogen and oxygen atoms in total. The molecule has 8 heteroatoms. The Morgan fingerprint density at radius 1 is 1.11 bits per heavy atom. The summed E-state index contributed by atoms with van der Waals surface area (Å²) in [6.45, 7) is 9.03. The summed E-state index contributed by atoms with van der Waals surface area (Å²) < 4.78 is 33.0. The normalized spacial score (nSPS) is 15.5. The minimum absolute atomic E-state index is 0.248. The molecule has 2 N–H and O–H groups in total. The van der Waals surface area contributed by atoms with E-state index in [0.717, 1.165) is 56.3 Å². The lowest BCUT2D eigenvalue weighted by atomic mass is 10.1. The van der Waals surface area contributed by atoms with Crippen LogP contribution in [0.25, 0.3) is 0 Å². The number of nitrogens with zero attached hydrogens (tertiary/aromatic N) is 2. The minimum atomic E-state index is -3.63. The third kappa shape index (κ3) is 5.41. The molecular weight excluding hydrogens is 364 g/mol. The Morgan fingerprint density at radius 2 is 1.89 bits per heavy atom. The molecule has 1 aliphatic heterocycles. The summed E-state index contributed by atoms with van der Waals surface area (Å²) in [5.74, 6) is 0.720. The number of pyridine rings is 1. The number of anilines is 2. The van der Waals surface area contributed by atoms with Crippen molar-refractivity contribution in [2.24, 2.45) is 0 Å². The number of hydrogen-bond donors (Lipinski definition) is 2. The van der Waals surface area contributed by atoms with Gasteiger partial charge < -0.3 is 10.1 Å². The zero-order valence-electron chi connectivity index (χ0n) is 15.7. The van der Waals surface area contributed by atoms with Gasteiger partial charge in [-0.15, -0.1) is 0 Å². The first-order valence-corrected chi connectivity index (χ1v) is 10.5. The number of sulfonamides is 1. The van der Waals surface area contributed by atoms with Crippen LogP contribution >= 0.6 is 0 Å². The Balaban J connectivity index is 1.55. The standard InChI is InChI=1S/C19H26N4O3S/c1-15-3-5-18(13-16(15)2)27(24,25)22-17-4-6-19(21-14-17)20-7-8-23-9-11-26-12-10-23/h3-6,13-14,22H,7-12H2,1-2H3,(H,20,21). The van der Waals surface area contributed by atoms with Crippen LogP contribution in [0.15, 0.2) is 41.4 Å². The Kier molecular flexibility index (Phi) is 6.30. The molecule has 1 aromatic heterocycles. The molecule has 0 aliphatic carbocycles. The number of aryl methyl sites for hydroxylation is 2. The Bertz CT molecular complexity index is 863. The van der Waals surface area contributed by atoms with Crippen molar-refractivity contribution < 1.29 is 13.2 Å². The van der Waals surface area contributed by atoms with E-state index in [0.29, 0.717) is 5.69 Å². The summed E-state index contributed by atoms with van der Waals surface area (Å²) in [7, 11) is -3.63. The summed E-state index contributed by atoms with van der Waals surface area (Å²) >= 11 is 0. The van der Waals surface area contributed by atoms with Gasteiger partial charge in [0, 0.05) is 26.2 Å². The smallest absolute Gasteiger partial charge is 0.261 e. The molecule has 1 aromatic carbocycles. The molecule has 146 valence electrons. The van der Waals surface area contributed by atoms with Crippen LogP contribution in [-0.4, -0.2) is 57.7 Å². The van der Waals surface area contributed by atoms with E-state index in [-0.39, 0.29) is 4.90 Å². The molecule has 2 aromatic rings. The molecule has 0 spiro atoms. The number of benzene rings is 1. The van der Waals surface area contributed by atoms with Crippen molar-refractivity contribution >= 4 is 21.5 Å². The molecule has 1 fully saturated rings. The minimum Gasteiger partial charge on any atom is -0.379 e. The van der Waals surface area contributed by atoms with Crippen LogP contribution in [0.2, 0.25) is 0 Å². The van der Waals surface area contributed by atoms with Gasteiger partial charge in [0.05, 0.1) is 30.0 Å². The van der Waals surface area contributed by atoms with Crippen LogP contribution in [-0.2, 0) is 14.8 Å². The summed E-state index contributed by atoms with van der Waals surface area (Å²) in [4.78, 5) is 6.87. The quantitative estimate of drug-likeness (QED) is 0.754. The van der Waals surface area contributed by atoms with Gasteiger partial charge in [0.15, 0.2) is 0 Å². The van der Waals surface area contributed by atoms with Gasteiger partial charge in [0.2, 0.25) is 0 Å². The zero-order valence-corrected chi connectivity index (χ0v) is 16.6. The van der Waals surface area contributed by atoms with Crippen LogP contribution in [0.4, 0.5) is 11.5 Å². The van der Waals surface area contributed by atoms with E-state index in [9.17, 15) is 8.42 Å². The second-order valence-corrected chi connectivity index (χ2v) is 8.35. The summed E-state index contributed by atoms with van der Waals surface area (Å²) in [5.41, 5.74) is 2.44. The van der Waals surface area contributed by atoms with Crippen molar-refractivity contribution in [3.8, 4) is 0 Å². The van der Waals surface area contributed by atoms with Gasteiger partial charge in [-0.1, -0.05) is 6.07 Å². The van der Waals surface area contributed by atoms with Crippen LogP contribution < -0.4 is 10.0 Å². The summed E-state index contributed by atoms with van der Waals surface area (Å²) in [5, 5.41) is 3.26. The van der Waals surface area contributed by atoms with E-state index in [2.05, 4.69) is 19.9 Å². The Hall–Kier alpha value is -2.16. The average molecular weight is 391 g/mol. The van der Waals surface area contributed by atoms with Crippen molar-refractivity contribution in [3.63, 3.8) is 0 Å². The first-order chi connectivity index (χ1) is 12.9. The van der Waals surface area contributed by atoms with Crippen LogP contribution in [0.3, 0.4) is 0 Å². The van der Waals surface area contributed by atoms with Gasteiger partial charge in [-0.05, 0) is 49.2 Å². The highest BCUT2D eigenvalue weighted by molar-refractivity contribution is 7.92. The summed E-state index contributed by atoms with van der Waals surface area (Å²) in [6, 6.07) is 8.58. The molecule has 1 aliphatic rings. The van der Waals surface area contributed by atoms with Crippen molar-refractivity contribution in [1.82, 2.24) is 9.88 Å². The predicted octanol–water partition coefficient (Wildman–Crippen LogP) is 2.24. The fourth-order valence-electron chi connectivity index (χ4n) is 2.82. The van der Waals surface area contributed by atoms with Crippen molar-refractivity contribution in [2.75, 3.05) is 49.4 Å². The third-order valence-electron chi connectivity index (χ3n) is 4.64. The molecule has 0 unspecified atom stereocenters. The fraction of sp³-hybridized carbons (Fsp3) is 0.421. The average Bonchev–Trinajstić information content (AvgIpc) is 2.66. The van der Waals surface area contributed by atoms with E-state index < -0.39 is 10.0 Å². The van der Waals surface area contributed by atoms with Crippen molar-refractivity contribution in [3.05, 3.63) is 47.7 Å². The topological polar surface area (TPSA) is 83.6 Å². The zero-order chi connectivity index (χ0) is 19.3. The maximum absolute atomic E-state index is 12.5. The van der Waals surface area contributed by atoms with Crippen molar-refractivity contribution in [1.29, 1.82) is 0 Å². The first-order valence-electron chi connectivity index (χ1n) is 9.04. The van der Waals surface area contributed by atoms with Gasteiger partial charge in [0.1, 0.15) is 5.82 Å². The van der Waals surface area contributed by atoms with Gasteiger partial charge in [-0.3, -0.25) is 9.62 Å². The highest BCUT2D eigenvalue weighted by Crippen LogP contribution is 2.19. The van der Waals surface area contributed by atoms with E-state index in [1.165, 1.54) is 6.20 Å². The molecule has 27 heavy (non-hydrogen) atoms. The van der Waals surface area contributed by atoms with Crippen LogP contribution in [0, 0.1) is 13.8 Å². The fourth-order valence-corrected chi connectivity index (χ4v) is 3.95. The van der Waals surface area contributed by atoms with E-state index in [1.54, 1.807) is 24.3 Å². The van der Waals surface area contributed by atoms with Gasteiger partial charge in [0.25, 0.3) is 10.0 Å². The monoisotopic (exact) mass is 390 g/mol. The lowest BCUT2D eigenvalue weighted by molar-refractivity contribution is 0.0398. The predicted molar refractivity (Wildman–Crippen MR) is 107 cm³/mol. The van der Waals surface area contributed by atoms with E-state index >= 15 is 0 Å². The molecule has 0 amide bonds. The maximum Gasteiger partial charge on any atom is 0.261 e. The first kappa shape index (κ1) is 19.6. The maximum atomic E-state index is 12.5. The lowest BCUT2D eigenvalue weighted by Gasteiger charge is -2.26. The number of hydrogen-bond acceptors (Lipinski definition) is 6. The second-order valence-electron chi connectivity index (χ2n) is 6.66. The van der Waals surface area contributed by atoms with Gasteiger partial charge >= 0.3 is 0 Å². The Labute approximate surface area is 160 Å². The van der Waals surface area contributed by atoms with Crippen LogP contribution in [0.1, 0.15) is 11.1 Å². The highest BCUT2D eigenvalue weighted by Gasteiger charge is 2.15. The van der Waals surface area contributed by atoms with E-state index in [1.807, 2.05) is 19.9 Å². The molecule has 2 heterocycles. The number of ether oxygens (including phenoxy) is 1. The molecule has 0 bridgehead atoms. The third-order valence-corrected chi connectivity index (χ3v) is 6.02. The molecule has 3 rings (SSSR count). The largest absolute Gasteiger partial charge is 0.379 e. The van der Waals surface area contributed by atoms with Gasteiger partial charge in [-0.2, -0.15) is 0 Å². The molecule has 0 atom stereocenters. The molecular formula is C19H26N4O3S. The lowest BCUT2D eigenvalue weighted by Crippen LogP contribution is -2.39. The SMILES string of the molecule is Cc1ccc(S(=O)(=O)Nc2ccc(NCCN3CCOCC3)nc2)cc1C. The number of rotatable bonds is 7. The number of nitrogens with one attached hydrogen (secondary N) is 2. The number of morpholine rings is 1. The molecule has 0 saturated carbocycles. The number of aromatic nitrogens is 1. The van der Waals surface area contributed by atoms with Gasteiger partial charge in [-0.25, -0.2) is 13.4 Å². The second kappa shape index (κ2) is 8.69. The Morgan fingerprint density at radius 3 is 2.56 bits per heavy atom. The van der Waals surface area contributed by atoms with Crippen LogP contribution in [0.5, 0.6) is 0 Å².